The summed E-state index contributed by atoms with van der Waals surface area (Å²) in [4.78, 5) is 14.8. The van der Waals surface area contributed by atoms with Gasteiger partial charge >= 0.3 is 5.97 Å². The summed E-state index contributed by atoms with van der Waals surface area (Å²) in [6, 6.07) is 7.32. The predicted molar refractivity (Wildman–Crippen MR) is 62.3 cm³/mol. The van der Waals surface area contributed by atoms with Gasteiger partial charge in [0.1, 0.15) is 12.1 Å². The largest absolute Gasteiger partial charge is 0.480 e. The number of aliphatic carboxylic acids is 1. The number of aliphatic hydroxyl groups is 1. The third-order valence-electron chi connectivity index (χ3n) is 2.59. The molecule has 0 saturated heterocycles. The number of rotatable bonds is 3. The lowest BCUT2D eigenvalue weighted by molar-refractivity contribution is -0.141. The average molecular weight is 232 g/mol. The quantitative estimate of drug-likeness (QED) is 0.723. The molecule has 0 bridgehead atoms. The molecular weight excluding hydrogens is 220 g/mol. The molecule has 0 spiro atoms. The zero-order chi connectivity index (χ0) is 12.4. The van der Waals surface area contributed by atoms with E-state index in [9.17, 15) is 9.90 Å². The second-order valence-corrected chi connectivity index (χ2v) is 3.76. The van der Waals surface area contributed by atoms with Crippen LogP contribution >= 0.6 is 0 Å². The number of hydrogen-bond donors (Lipinski definition) is 3. The number of pyridine rings is 1. The van der Waals surface area contributed by atoms with Gasteiger partial charge in [-0.05, 0) is 23.8 Å². The van der Waals surface area contributed by atoms with Gasteiger partial charge in [-0.2, -0.15) is 0 Å². The normalized spacial score (nSPS) is 14.5. The van der Waals surface area contributed by atoms with E-state index in [1.807, 2.05) is 6.07 Å². The standard InChI is InChI=1S/C12H12N2O3/c13-10(12(16)17)11(15)8-3-4-9-7(6-8)2-1-5-14-9/h1-6,10-11,15H,13H2,(H,16,17). The second kappa shape index (κ2) is 4.48. The van der Waals surface area contributed by atoms with Gasteiger partial charge in [0.05, 0.1) is 5.52 Å². The molecule has 2 unspecified atom stereocenters. The summed E-state index contributed by atoms with van der Waals surface area (Å²) in [7, 11) is 0. The topological polar surface area (TPSA) is 96.4 Å². The summed E-state index contributed by atoms with van der Waals surface area (Å²) in [5.41, 5.74) is 6.63. The maximum atomic E-state index is 10.7. The van der Waals surface area contributed by atoms with Crippen molar-refractivity contribution in [2.24, 2.45) is 5.73 Å². The number of fused-ring (bicyclic) bond motifs is 1. The van der Waals surface area contributed by atoms with Gasteiger partial charge in [0, 0.05) is 11.6 Å². The van der Waals surface area contributed by atoms with Crippen LogP contribution in [0.3, 0.4) is 0 Å². The number of carboxylic acids is 1. The first-order valence-electron chi connectivity index (χ1n) is 5.11. The summed E-state index contributed by atoms with van der Waals surface area (Å²) in [5.74, 6) is -1.23. The van der Waals surface area contributed by atoms with Crippen molar-refractivity contribution in [2.75, 3.05) is 0 Å². The van der Waals surface area contributed by atoms with Gasteiger partial charge in [-0.3, -0.25) is 9.78 Å². The molecule has 0 aliphatic carbocycles. The Labute approximate surface area is 97.5 Å². The molecule has 0 saturated carbocycles. The lowest BCUT2D eigenvalue weighted by atomic mass is 10.0. The molecule has 0 radical (unpaired) electrons. The van der Waals surface area contributed by atoms with Crippen molar-refractivity contribution in [3.05, 3.63) is 42.1 Å². The first kappa shape index (κ1) is 11.5. The van der Waals surface area contributed by atoms with E-state index in [0.717, 1.165) is 10.9 Å². The van der Waals surface area contributed by atoms with Crippen molar-refractivity contribution in [1.82, 2.24) is 4.98 Å². The number of carboxylic acid groups (broad SMARTS) is 1. The SMILES string of the molecule is NC(C(=O)O)C(O)c1ccc2ncccc2c1. The van der Waals surface area contributed by atoms with Gasteiger partial charge in [0.15, 0.2) is 0 Å². The molecule has 1 heterocycles. The van der Waals surface area contributed by atoms with Crippen molar-refractivity contribution < 1.29 is 15.0 Å². The molecule has 1 aromatic carbocycles. The highest BCUT2D eigenvalue weighted by atomic mass is 16.4. The highest BCUT2D eigenvalue weighted by Gasteiger charge is 2.23. The van der Waals surface area contributed by atoms with Crippen molar-refractivity contribution >= 4 is 16.9 Å². The van der Waals surface area contributed by atoms with E-state index in [1.54, 1.807) is 30.5 Å². The summed E-state index contributed by atoms with van der Waals surface area (Å²) in [5, 5.41) is 19.4. The number of nitrogens with zero attached hydrogens (tertiary/aromatic N) is 1. The first-order valence-corrected chi connectivity index (χ1v) is 5.11. The molecule has 0 aliphatic heterocycles. The molecule has 5 heteroatoms. The summed E-state index contributed by atoms with van der Waals surface area (Å²) < 4.78 is 0. The molecule has 2 rings (SSSR count). The van der Waals surface area contributed by atoms with Crippen LogP contribution in [-0.2, 0) is 4.79 Å². The Hall–Kier alpha value is -1.98. The number of hydrogen-bond acceptors (Lipinski definition) is 4. The fraction of sp³-hybridized carbons (Fsp3) is 0.167. The monoisotopic (exact) mass is 232 g/mol. The van der Waals surface area contributed by atoms with Crippen molar-refractivity contribution in [3.63, 3.8) is 0 Å². The van der Waals surface area contributed by atoms with Gasteiger partial charge in [0.2, 0.25) is 0 Å². The van der Waals surface area contributed by atoms with E-state index >= 15 is 0 Å². The van der Waals surface area contributed by atoms with E-state index in [4.69, 9.17) is 10.8 Å². The van der Waals surface area contributed by atoms with Gasteiger partial charge in [-0.25, -0.2) is 0 Å². The van der Waals surface area contributed by atoms with Crippen LogP contribution in [0.4, 0.5) is 0 Å². The van der Waals surface area contributed by atoms with E-state index in [1.165, 1.54) is 0 Å². The molecule has 1 aromatic heterocycles. The minimum atomic E-state index is -1.33. The molecule has 88 valence electrons. The number of nitrogens with two attached hydrogens (primary N) is 1. The van der Waals surface area contributed by atoms with Crippen LogP contribution in [0.2, 0.25) is 0 Å². The first-order chi connectivity index (χ1) is 8.09. The van der Waals surface area contributed by atoms with Gasteiger partial charge in [-0.15, -0.1) is 0 Å². The van der Waals surface area contributed by atoms with Crippen LogP contribution in [0, 0.1) is 0 Å². The fourth-order valence-electron chi connectivity index (χ4n) is 1.62. The molecule has 2 aromatic rings. The minimum Gasteiger partial charge on any atom is -0.480 e. The zero-order valence-electron chi connectivity index (χ0n) is 8.95. The van der Waals surface area contributed by atoms with Gasteiger partial charge in [0.25, 0.3) is 0 Å². The number of benzene rings is 1. The average Bonchev–Trinajstić information content (AvgIpc) is 2.36. The maximum absolute atomic E-state index is 10.7. The Morgan fingerprint density at radius 1 is 1.35 bits per heavy atom. The number of carbonyl (C=O) groups is 1. The number of aromatic nitrogens is 1. The molecule has 5 nitrogen and oxygen atoms in total. The lowest BCUT2D eigenvalue weighted by Gasteiger charge is -2.15. The molecule has 0 amide bonds. The fourth-order valence-corrected chi connectivity index (χ4v) is 1.62. The Balaban J connectivity index is 2.39. The lowest BCUT2D eigenvalue weighted by Crippen LogP contribution is -2.36. The van der Waals surface area contributed by atoms with Crippen LogP contribution in [-0.4, -0.2) is 27.2 Å². The van der Waals surface area contributed by atoms with Crippen LogP contribution in [0.25, 0.3) is 10.9 Å². The summed E-state index contributed by atoms with van der Waals surface area (Å²) in [6.45, 7) is 0. The van der Waals surface area contributed by atoms with Crippen LogP contribution < -0.4 is 5.73 Å². The zero-order valence-corrected chi connectivity index (χ0v) is 8.95. The molecule has 4 N–H and O–H groups in total. The van der Waals surface area contributed by atoms with Gasteiger partial charge < -0.3 is 15.9 Å². The Morgan fingerprint density at radius 3 is 2.82 bits per heavy atom. The third kappa shape index (κ3) is 2.25. The van der Waals surface area contributed by atoms with Crippen molar-refractivity contribution in [2.45, 2.75) is 12.1 Å². The van der Waals surface area contributed by atoms with Crippen LogP contribution in [0.5, 0.6) is 0 Å². The molecule has 0 aliphatic rings. The van der Waals surface area contributed by atoms with Crippen molar-refractivity contribution in [3.8, 4) is 0 Å². The predicted octanol–water partition coefficient (Wildman–Crippen LogP) is 0.680. The van der Waals surface area contributed by atoms with Gasteiger partial charge in [-0.1, -0.05) is 12.1 Å². The van der Waals surface area contributed by atoms with E-state index in [-0.39, 0.29) is 0 Å². The van der Waals surface area contributed by atoms with Crippen LogP contribution in [0.15, 0.2) is 36.5 Å². The van der Waals surface area contributed by atoms with E-state index in [0.29, 0.717) is 5.56 Å². The van der Waals surface area contributed by atoms with E-state index < -0.39 is 18.1 Å². The molecule has 2 atom stereocenters. The Morgan fingerprint density at radius 2 is 2.12 bits per heavy atom. The Bertz CT molecular complexity index is 556. The third-order valence-corrected chi connectivity index (χ3v) is 2.59. The molecule has 17 heavy (non-hydrogen) atoms. The van der Waals surface area contributed by atoms with E-state index in [2.05, 4.69) is 4.98 Å². The van der Waals surface area contributed by atoms with Crippen LogP contribution in [0.1, 0.15) is 11.7 Å². The summed E-state index contributed by atoms with van der Waals surface area (Å²) >= 11 is 0. The minimum absolute atomic E-state index is 0.473. The molecular formula is C12H12N2O3. The molecule has 0 fully saturated rings. The summed E-state index contributed by atoms with van der Waals surface area (Å²) in [6.07, 6.45) is 0.443. The second-order valence-electron chi connectivity index (χ2n) is 3.76. The highest BCUT2D eigenvalue weighted by molar-refractivity contribution is 5.80. The Kier molecular flexibility index (Phi) is 3.03. The smallest absolute Gasteiger partial charge is 0.323 e. The highest BCUT2D eigenvalue weighted by Crippen LogP contribution is 2.20. The number of aliphatic hydroxyl groups excluding tert-OH is 1. The van der Waals surface area contributed by atoms with Crippen molar-refractivity contribution in [1.29, 1.82) is 0 Å². The maximum Gasteiger partial charge on any atom is 0.323 e.